The molecule has 150 valence electrons. The number of aromatic nitrogens is 1. The van der Waals surface area contributed by atoms with E-state index in [-0.39, 0.29) is 18.4 Å². The summed E-state index contributed by atoms with van der Waals surface area (Å²) in [5.41, 5.74) is 2.94. The highest BCUT2D eigenvalue weighted by molar-refractivity contribution is 7.14. The molecule has 0 bridgehead atoms. The molecular formula is C21H22N4O3S. The molecule has 29 heavy (non-hydrogen) atoms. The zero-order chi connectivity index (χ0) is 20.6. The van der Waals surface area contributed by atoms with Gasteiger partial charge in [0, 0.05) is 11.1 Å². The van der Waals surface area contributed by atoms with Gasteiger partial charge < -0.3 is 15.4 Å². The van der Waals surface area contributed by atoms with E-state index in [2.05, 4.69) is 20.9 Å². The van der Waals surface area contributed by atoms with Crippen LogP contribution in [0, 0.1) is 6.92 Å². The maximum absolute atomic E-state index is 12.3. The molecule has 1 heterocycles. The Hall–Kier alpha value is -3.39. The molecular weight excluding hydrogens is 388 g/mol. The number of rotatable bonds is 7. The summed E-state index contributed by atoms with van der Waals surface area (Å²) in [5, 5.41) is 10.4. The van der Waals surface area contributed by atoms with Crippen LogP contribution in [0.25, 0.3) is 0 Å². The van der Waals surface area contributed by atoms with Crippen molar-refractivity contribution in [2.75, 3.05) is 22.6 Å². The molecule has 1 aromatic heterocycles. The van der Waals surface area contributed by atoms with Crippen molar-refractivity contribution >= 4 is 39.8 Å². The van der Waals surface area contributed by atoms with E-state index < -0.39 is 0 Å². The Morgan fingerprint density at radius 1 is 1.07 bits per heavy atom. The van der Waals surface area contributed by atoms with Crippen molar-refractivity contribution in [1.82, 2.24) is 4.98 Å². The van der Waals surface area contributed by atoms with Crippen molar-refractivity contribution in [2.45, 2.75) is 20.3 Å². The summed E-state index contributed by atoms with van der Waals surface area (Å²) in [4.78, 5) is 28.8. The fourth-order valence-corrected chi connectivity index (χ4v) is 3.34. The van der Waals surface area contributed by atoms with Gasteiger partial charge in [0.1, 0.15) is 5.75 Å². The molecule has 0 fully saturated rings. The largest absolute Gasteiger partial charge is 0.492 e. The van der Waals surface area contributed by atoms with Crippen molar-refractivity contribution in [3.63, 3.8) is 0 Å². The number of thiazole rings is 1. The van der Waals surface area contributed by atoms with Crippen LogP contribution in [-0.4, -0.2) is 23.5 Å². The second-order valence-electron chi connectivity index (χ2n) is 6.25. The number of carbonyl (C=O) groups is 2. The van der Waals surface area contributed by atoms with Crippen LogP contribution in [0.3, 0.4) is 0 Å². The first-order valence-corrected chi connectivity index (χ1v) is 10.0. The predicted octanol–water partition coefficient (Wildman–Crippen LogP) is 4.68. The Morgan fingerprint density at radius 2 is 1.90 bits per heavy atom. The van der Waals surface area contributed by atoms with Crippen LogP contribution < -0.4 is 20.7 Å². The summed E-state index contributed by atoms with van der Waals surface area (Å²) in [5.74, 6) is 0.412. The van der Waals surface area contributed by atoms with Crippen molar-refractivity contribution in [3.8, 4) is 5.75 Å². The van der Waals surface area contributed by atoms with Crippen LogP contribution >= 0.6 is 11.3 Å². The van der Waals surface area contributed by atoms with Crippen molar-refractivity contribution in [1.29, 1.82) is 0 Å². The molecule has 0 radical (unpaired) electrons. The van der Waals surface area contributed by atoms with Crippen molar-refractivity contribution in [3.05, 3.63) is 65.2 Å². The molecule has 0 aliphatic rings. The molecule has 0 saturated carbocycles. The molecule has 3 aromatic rings. The Labute approximate surface area is 173 Å². The summed E-state index contributed by atoms with van der Waals surface area (Å²) >= 11 is 1.26. The predicted molar refractivity (Wildman–Crippen MR) is 116 cm³/mol. The lowest BCUT2D eigenvalue weighted by molar-refractivity contribution is -0.115. The first-order chi connectivity index (χ1) is 14.0. The third-order valence-corrected chi connectivity index (χ3v) is 4.66. The molecule has 7 nitrogen and oxygen atoms in total. The van der Waals surface area contributed by atoms with Gasteiger partial charge >= 0.3 is 6.03 Å². The van der Waals surface area contributed by atoms with E-state index in [0.29, 0.717) is 34.6 Å². The fraction of sp³-hybridized carbons (Fsp3) is 0.190. The highest BCUT2D eigenvalue weighted by Gasteiger charge is 2.12. The molecule has 8 heteroatoms. The number of hydrogen-bond acceptors (Lipinski definition) is 5. The number of para-hydroxylation sites is 2. The third kappa shape index (κ3) is 6.05. The minimum absolute atomic E-state index is 0.0954. The Bertz CT molecular complexity index is 1000. The lowest BCUT2D eigenvalue weighted by Gasteiger charge is -2.10. The summed E-state index contributed by atoms with van der Waals surface area (Å²) in [7, 11) is 0. The second kappa shape index (κ2) is 9.70. The van der Waals surface area contributed by atoms with E-state index in [1.807, 2.05) is 50.2 Å². The smallest absolute Gasteiger partial charge is 0.325 e. The van der Waals surface area contributed by atoms with Crippen LogP contribution in [-0.2, 0) is 11.2 Å². The quantitative estimate of drug-likeness (QED) is 0.527. The van der Waals surface area contributed by atoms with Crippen molar-refractivity contribution in [2.24, 2.45) is 0 Å². The molecule has 3 N–H and O–H groups in total. The minimum Gasteiger partial charge on any atom is -0.492 e. The van der Waals surface area contributed by atoms with Crippen LogP contribution in [0.2, 0.25) is 0 Å². The maximum Gasteiger partial charge on any atom is 0.325 e. The molecule has 3 rings (SSSR count). The monoisotopic (exact) mass is 410 g/mol. The Balaban J connectivity index is 1.54. The molecule has 0 aliphatic carbocycles. The second-order valence-corrected chi connectivity index (χ2v) is 7.10. The average Bonchev–Trinajstić information content (AvgIpc) is 3.10. The summed E-state index contributed by atoms with van der Waals surface area (Å²) in [6.45, 7) is 4.35. The summed E-state index contributed by atoms with van der Waals surface area (Å²) in [6.07, 6.45) is 0.0954. The number of benzene rings is 2. The molecule has 3 amide bonds. The normalized spacial score (nSPS) is 10.3. The number of nitrogens with one attached hydrogen (secondary N) is 3. The molecule has 0 aliphatic heterocycles. The van der Waals surface area contributed by atoms with Crippen LogP contribution in [0.4, 0.5) is 21.3 Å². The van der Waals surface area contributed by atoms with Gasteiger partial charge in [-0.25, -0.2) is 9.78 Å². The van der Waals surface area contributed by atoms with E-state index >= 15 is 0 Å². The third-order valence-electron chi connectivity index (χ3n) is 3.85. The van der Waals surface area contributed by atoms with E-state index in [1.165, 1.54) is 11.3 Å². The number of amides is 3. The average molecular weight is 410 g/mol. The van der Waals surface area contributed by atoms with Gasteiger partial charge in [-0.05, 0) is 43.7 Å². The van der Waals surface area contributed by atoms with Crippen molar-refractivity contribution < 1.29 is 14.3 Å². The van der Waals surface area contributed by atoms with Gasteiger partial charge in [-0.2, -0.15) is 0 Å². The van der Waals surface area contributed by atoms with Crippen LogP contribution in [0.15, 0.2) is 53.9 Å². The van der Waals surface area contributed by atoms with E-state index in [0.717, 1.165) is 5.56 Å². The van der Waals surface area contributed by atoms with Gasteiger partial charge in [0.25, 0.3) is 0 Å². The number of nitrogens with zero attached hydrogens (tertiary/aromatic N) is 1. The topological polar surface area (TPSA) is 92.4 Å². The summed E-state index contributed by atoms with van der Waals surface area (Å²) in [6, 6.07) is 14.4. The van der Waals surface area contributed by atoms with Crippen LogP contribution in [0.5, 0.6) is 5.75 Å². The van der Waals surface area contributed by atoms with E-state index in [1.54, 1.807) is 17.5 Å². The Morgan fingerprint density at radius 3 is 2.69 bits per heavy atom. The number of carbonyl (C=O) groups excluding carboxylic acids is 2. The highest BCUT2D eigenvalue weighted by atomic mass is 32.1. The standard InChI is InChI=1S/C21H22N4O3S/c1-3-28-18-10-5-4-9-17(18)24-19(26)12-16-13-29-21(23-16)25-20(27)22-15-8-6-7-14(2)11-15/h4-11,13H,3,12H2,1-2H3,(H,24,26)(H2,22,23,25,27). The maximum atomic E-state index is 12.3. The highest BCUT2D eigenvalue weighted by Crippen LogP contribution is 2.24. The van der Waals surface area contributed by atoms with Crippen LogP contribution in [0.1, 0.15) is 18.2 Å². The molecule has 0 atom stereocenters. The number of urea groups is 1. The molecule has 0 spiro atoms. The van der Waals surface area contributed by atoms with E-state index in [9.17, 15) is 9.59 Å². The lowest BCUT2D eigenvalue weighted by Crippen LogP contribution is -2.19. The van der Waals surface area contributed by atoms with Gasteiger partial charge in [-0.1, -0.05) is 24.3 Å². The first-order valence-electron chi connectivity index (χ1n) is 9.14. The number of anilines is 3. The Kier molecular flexibility index (Phi) is 6.80. The number of ether oxygens (including phenoxy) is 1. The fourth-order valence-electron chi connectivity index (χ4n) is 2.64. The van der Waals surface area contributed by atoms with E-state index in [4.69, 9.17) is 4.74 Å². The zero-order valence-corrected chi connectivity index (χ0v) is 17.0. The molecule has 0 unspecified atom stereocenters. The minimum atomic E-state index is -0.383. The number of hydrogen-bond donors (Lipinski definition) is 3. The SMILES string of the molecule is CCOc1ccccc1NC(=O)Cc1csc(NC(=O)Nc2cccc(C)c2)n1. The molecule has 0 saturated heterocycles. The van der Waals surface area contributed by atoms with Gasteiger partial charge in [-0.3, -0.25) is 10.1 Å². The summed E-state index contributed by atoms with van der Waals surface area (Å²) < 4.78 is 5.51. The first kappa shape index (κ1) is 20.3. The molecule has 2 aromatic carbocycles. The van der Waals surface area contributed by atoms with Gasteiger partial charge in [0.15, 0.2) is 5.13 Å². The number of aryl methyl sites for hydroxylation is 1. The zero-order valence-electron chi connectivity index (χ0n) is 16.2. The van der Waals surface area contributed by atoms with Gasteiger partial charge in [0.05, 0.1) is 24.4 Å². The lowest BCUT2D eigenvalue weighted by atomic mass is 10.2. The van der Waals surface area contributed by atoms with Gasteiger partial charge in [0.2, 0.25) is 5.91 Å². The van der Waals surface area contributed by atoms with Gasteiger partial charge in [-0.15, -0.1) is 11.3 Å².